The molecule has 1 saturated carbocycles. The maximum Gasteiger partial charge on any atom is 0.212 e. The molecule has 2 aromatic carbocycles. The largest absolute Gasteiger partial charge is 0.378 e. The molecule has 1 fully saturated rings. The number of fused-ring (bicyclic) bond motifs is 1. The van der Waals surface area contributed by atoms with E-state index in [9.17, 15) is 18.4 Å². The first kappa shape index (κ1) is 27.0. The molecule has 2 aromatic heterocycles. The third-order valence-corrected chi connectivity index (χ3v) is 7.40. The summed E-state index contributed by atoms with van der Waals surface area (Å²) in [6.45, 7) is 0. The Morgan fingerprint density at radius 1 is 1.05 bits per heavy atom. The van der Waals surface area contributed by atoms with Gasteiger partial charge in [0.1, 0.15) is 25.4 Å². The van der Waals surface area contributed by atoms with Crippen molar-refractivity contribution in [3.63, 3.8) is 0 Å². The van der Waals surface area contributed by atoms with Crippen molar-refractivity contribution in [2.75, 3.05) is 10.6 Å². The summed E-state index contributed by atoms with van der Waals surface area (Å²) in [7, 11) is 6.95. The Balaban J connectivity index is 1.48. The zero-order valence-corrected chi connectivity index (χ0v) is 22.5. The van der Waals surface area contributed by atoms with Gasteiger partial charge in [0.2, 0.25) is 5.95 Å². The number of anilines is 3. The number of benzene rings is 2. The highest BCUT2D eigenvalue weighted by Gasteiger charge is 2.38. The quantitative estimate of drug-likeness (QED) is 0.123. The molecule has 0 amide bonds. The zero-order valence-electron chi connectivity index (χ0n) is 20.9. The Hall–Kier alpha value is -4.18. The van der Waals surface area contributed by atoms with Crippen LogP contribution in [-0.2, 0) is 5.44 Å². The van der Waals surface area contributed by atoms with Crippen LogP contribution in [0.25, 0.3) is 10.9 Å². The van der Waals surface area contributed by atoms with E-state index in [1.807, 2.05) is 17.3 Å². The lowest BCUT2D eigenvalue weighted by Crippen LogP contribution is -2.45. The normalized spacial score (nSPS) is 16.1. The minimum absolute atomic E-state index is 0.00400. The number of nitrogens with one attached hydrogen (secondary N) is 4. The maximum atomic E-state index is 14.8. The number of pyridine rings is 2. The fourth-order valence-electron chi connectivity index (χ4n) is 4.53. The Morgan fingerprint density at radius 2 is 1.85 bits per heavy atom. The van der Waals surface area contributed by atoms with Gasteiger partial charge in [0.05, 0.1) is 37.9 Å². The van der Waals surface area contributed by atoms with E-state index in [-0.39, 0.29) is 32.2 Å². The first-order valence-electron chi connectivity index (χ1n) is 12.3. The monoisotopic (exact) mass is 592 g/mol. The summed E-state index contributed by atoms with van der Waals surface area (Å²) in [6, 6.07) is 10.2. The van der Waals surface area contributed by atoms with E-state index in [2.05, 4.69) is 31.6 Å². The van der Waals surface area contributed by atoms with Crippen molar-refractivity contribution < 1.29 is 13.2 Å². The number of halogens is 5. The molecule has 1 atom stereocenters. The molecule has 3 heterocycles. The second kappa shape index (κ2) is 10.3. The van der Waals surface area contributed by atoms with E-state index in [1.165, 1.54) is 24.5 Å². The van der Waals surface area contributed by atoms with Gasteiger partial charge in [0.15, 0.2) is 5.82 Å². The third kappa shape index (κ3) is 4.97. The molecule has 8 nitrogen and oxygen atoms in total. The highest BCUT2D eigenvalue weighted by molar-refractivity contribution is 6.36. The van der Waals surface area contributed by atoms with Gasteiger partial charge in [-0.25, -0.2) is 13.8 Å². The van der Waals surface area contributed by atoms with Crippen molar-refractivity contribution in [2.24, 2.45) is 0 Å². The molecule has 41 heavy (non-hydrogen) atoms. The van der Waals surface area contributed by atoms with Crippen LogP contribution >= 0.6 is 23.2 Å². The topological polar surface area (TPSA) is 101 Å². The molecule has 1 aliphatic heterocycles. The van der Waals surface area contributed by atoms with Crippen LogP contribution in [0, 0.1) is 28.9 Å². The second-order valence-electron chi connectivity index (χ2n) is 9.58. The minimum Gasteiger partial charge on any atom is -0.378 e. The van der Waals surface area contributed by atoms with Gasteiger partial charge in [-0.15, -0.1) is 5.53 Å². The smallest absolute Gasteiger partial charge is 0.212 e. The molecule has 6 rings (SSSR count). The van der Waals surface area contributed by atoms with E-state index in [0.29, 0.717) is 23.0 Å². The van der Waals surface area contributed by atoms with Gasteiger partial charge in [-0.05, 0) is 48.7 Å². The summed E-state index contributed by atoms with van der Waals surface area (Å²) in [5.74, 6) is -2.63. The van der Waals surface area contributed by atoms with Gasteiger partial charge in [-0.1, -0.05) is 29.3 Å². The van der Waals surface area contributed by atoms with Crippen LogP contribution < -0.4 is 21.6 Å². The average molecular weight is 593 g/mol. The number of hydrogen-bond donors (Lipinski definition) is 4. The molecule has 2 radical (unpaired) electrons. The van der Waals surface area contributed by atoms with Crippen LogP contribution in [0.2, 0.25) is 10.0 Å². The van der Waals surface area contributed by atoms with Crippen LogP contribution in [0.4, 0.5) is 30.2 Å². The van der Waals surface area contributed by atoms with E-state index in [4.69, 9.17) is 31.0 Å². The van der Waals surface area contributed by atoms with Crippen molar-refractivity contribution in [2.45, 2.75) is 24.3 Å². The van der Waals surface area contributed by atoms with Gasteiger partial charge in [0.25, 0.3) is 0 Å². The highest BCUT2D eigenvalue weighted by Crippen LogP contribution is 2.39. The van der Waals surface area contributed by atoms with Crippen molar-refractivity contribution in [3.05, 3.63) is 99.4 Å². The Bertz CT molecular complexity index is 1760. The molecule has 1 aliphatic carbocycles. The van der Waals surface area contributed by atoms with Crippen molar-refractivity contribution in [1.29, 1.82) is 5.26 Å². The number of aromatic nitrogens is 2. The van der Waals surface area contributed by atoms with E-state index in [1.54, 1.807) is 12.1 Å². The van der Waals surface area contributed by atoms with Crippen LogP contribution in [0.3, 0.4) is 0 Å². The van der Waals surface area contributed by atoms with E-state index >= 15 is 0 Å². The van der Waals surface area contributed by atoms with Gasteiger partial charge >= 0.3 is 0 Å². The summed E-state index contributed by atoms with van der Waals surface area (Å²) in [4.78, 5) is 8.04. The SMILES string of the molecule is [B]C(Nc1cc(Cl)c2ncc(C#N)c(Nc3c(F)ccc(Cl)c3F)c2c1)(C1=CN(C2CC2)NN1)c1ccc(F)nc1. The van der Waals surface area contributed by atoms with Crippen molar-refractivity contribution in [3.8, 4) is 6.07 Å². The first-order valence-corrected chi connectivity index (χ1v) is 13.1. The molecule has 0 spiro atoms. The molecular formula is C27H18BCl2F3N8. The van der Waals surface area contributed by atoms with Gasteiger partial charge in [0, 0.05) is 35.7 Å². The van der Waals surface area contributed by atoms with Crippen LogP contribution in [0.5, 0.6) is 0 Å². The molecule has 2 aliphatic rings. The Labute approximate surface area is 243 Å². The summed E-state index contributed by atoms with van der Waals surface area (Å²) in [5.41, 5.74) is 5.67. The van der Waals surface area contributed by atoms with E-state index < -0.39 is 28.7 Å². The van der Waals surface area contributed by atoms with Crippen molar-refractivity contribution >= 4 is 59.0 Å². The van der Waals surface area contributed by atoms with Crippen LogP contribution in [-0.4, -0.2) is 28.9 Å². The summed E-state index contributed by atoms with van der Waals surface area (Å²) in [5, 5.41) is 17.7. The molecule has 0 bridgehead atoms. The highest BCUT2D eigenvalue weighted by atomic mass is 35.5. The number of hydrazine groups is 2. The number of nitriles is 1. The van der Waals surface area contributed by atoms with Crippen LogP contribution in [0.15, 0.2) is 60.7 Å². The lowest BCUT2D eigenvalue weighted by molar-refractivity contribution is 0.260. The molecule has 0 saturated heterocycles. The average Bonchev–Trinajstić information content (AvgIpc) is 3.69. The number of nitrogens with zero attached hydrogens (tertiary/aromatic N) is 4. The summed E-state index contributed by atoms with van der Waals surface area (Å²) < 4.78 is 43.2. The lowest BCUT2D eigenvalue weighted by Gasteiger charge is -2.34. The zero-order chi connectivity index (χ0) is 28.9. The molecule has 4 N–H and O–H groups in total. The fourth-order valence-corrected chi connectivity index (χ4v) is 4.95. The third-order valence-electron chi connectivity index (χ3n) is 6.82. The first-order chi connectivity index (χ1) is 19.7. The summed E-state index contributed by atoms with van der Waals surface area (Å²) in [6.07, 6.45) is 6.39. The minimum atomic E-state index is -1.48. The molecule has 14 heteroatoms. The fraction of sp³-hybridized carbons (Fsp3) is 0.148. The Kier molecular flexibility index (Phi) is 6.81. The summed E-state index contributed by atoms with van der Waals surface area (Å²) >= 11 is 12.5. The number of rotatable bonds is 7. The van der Waals surface area contributed by atoms with Gasteiger partial charge in [-0.2, -0.15) is 9.65 Å². The Morgan fingerprint density at radius 3 is 2.56 bits per heavy atom. The molecule has 1 unspecified atom stereocenters. The van der Waals surface area contributed by atoms with Crippen molar-refractivity contribution in [1.82, 2.24) is 25.9 Å². The predicted molar refractivity (Wildman–Crippen MR) is 151 cm³/mol. The maximum absolute atomic E-state index is 14.8. The molecule has 4 aromatic rings. The van der Waals surface area contributed by atoms with E-state index in [0.717, 1.165) is 25.0 Å². The lowest BCUT2D eigenvalue weighted by atomic mass is 9.70. The molecular weight excluding hydrogens is 575 g/mol. The van der Waals surface area contributed by atoms with Gasteiger partial charge < -0.3 is 16.1 Å². The number of hydrogen-bond acceptors (Lipinski definition) is 8. The molecule has 204 valence electrons. The predicted octanol–water partition coefficient (Wildman–Crippen LogP) is 5.73. The van der Waals surface area contributed by atoms with Crippen LogP contribution in [0.1, 0.15) is 24.0 Å². The second-order valence-corrected chi connectivity index (χ2v) is 10.4. The van der Waals surface area contributed by atoms with Gasteiger partial charge in [-0.3, -0.25) is 9.99 Å². The standard InChI is InChI=1S/C27H18BCl2F3N8/c28-27(14-1-6-22(32)35-11-14,21-12-41(40-39-21)16-2-3-16)38-15-7-17-24(13(9-34)10-36-25(17)19(30)8-15)37-26-20(31)5-4-18(29)23(26)33/h1,4-8,10-12,16,38-40H,2-3H2,(H,36,37).